The predicted molar refractivity (Wildman–Crippen MR) is 186 cm³/mol. The van der Waals surface area contributed by atoms with E-state index in [1.165, 1.54) is 0 Å². The summed E-state index contributed by atoms with van der Waals surface area (Å²) < 4.78 is 35.9. The highest BCUT2D eigenvalue weighted by atomic mass is 35.5. The third-order valence-corrected chi connectivity index (χ3v) is 10.5. The van der Waals surface area contributed by atoms with Gasteiger partial charge in [-0.05, 0) is 107 Å². The van der Waals surface area contributed by atoms with Crippen LogP contribution in [0.25, 0.3) is 17.1 Å². The maximum Gasteiger partial charge on any atom is 0.496 e. The van der Waals surface area contributed by atoms with E-state index >= 15 is 0 Å². The van der Waals surface area contributed by atoms with E-state index in [0.29, 0.717) is 5.02 Å². The molecule has 3 aromatic rings. The van der Waals surface area contributed by atoms with Crippen molar-refractivity contribution in [3.63, 3.8) is 0 Å². The third kappa shape index (κ3) is 6.86. The SMILES string of the molecule is CC1(C)OB(B2OC(C)(C)C(C)(C)O2)OC1(C)C.CC1(C)OB(c2cnc3[nH]ccc3c2)OC1(C)C.Clc1cnc2c(c1)C=CC2. The summed E-state index contributed by atoms with van der Waals surface area (Å²) in [5.74, 6) is 0. The molecule has 3 fully saturated rings. The summed E-state index contributed by atoms with van der Waals surface area (Å²) in [5, 5.41) is 1.78. The normalized spacial score (nSPS) is 24.0. The third-order valence-electron chi connectivity index (χ3n) is 10.3. The van der Waals surface area contributed by atoms with Crippen molar-refractivity contribution in [1.82, 2.24) is 15.0 Å². The monoisotopic (exact) mass is 649 g/mol. The number of H-pyrrole nitrogens is 1. The molecule has 0 saturated carbocycles. The average molecular weight is 650 g/mol. The van der Waals surface area contributed by atoms with E-state index in [1.807, 2.05) is 79.8 Å². The fourth-order valence-corrected chi connectivity index (χ4v) is 5.33. The summed E-state index contributed by atoms with van der Waals surface area (Å²) in [7, 11) is -1.30. The Bertz CT molecular complexity index is 1520. The van der Waals surface area contributed by atoms with Crippen LogP contribution in [0.3, 0.4) is 0 Å². The van der Waals surface area contributed by atoms with Crippen molar-refractivity contribution in [1.29, 1.82) is 0 Å². The smallest absolute Gasteiger partial charge is 0.405 e. The van der Waals surface area contributed by atoms with Crippen LogP contribution in [-0.4, -0.2) is 69.7 Å². The Kier molecular flexibility index (Phi) is 9.21. The van der Waals surface area contributed by atoms with Gasteiger partial charge >= 0.3 is 21.1 Å². The number of nitrogens with one attached hydrogen (secondary N) is 1. The molecular formula is C33H47B3ClN3O6. The number of nitrogens with zero attached hydrogens (tertiary/aromatic N) is 2. The molecule has 0 amide bonds. The molecule has 246 valence electrons. The maximum absolute atomic E-state index is 6.00. The molecule has 9 nitrogen and oxygen atoms in total. The molecule has 3 aromatic heterocycles. The molecular weight excluding hydrogens is 602 g/mol. The summed E-state index contributed by atoms with van der Waals surface area (Å²) in [6.45, 7) is 24.4. The van der Waals surface area contributed by atoms with E-state index in [1.54, 1.807) is 12.4 Å². The zero-order chi connectivity index (χ0) is 33.9. The lowest BCUT2D eigenvalue weighted by Crippen LogP contribution is -2.41. The molecule has 0 atom stereocenters. The van der Waals surface area contributed by atoms with Crippen LogP contribution in [0, 0.1) is 0 Å². The molecule has 4 aliphatic rings. The number of allylic oxidation sites excluding steroid dienone is 1. The van der Waals surface area contributed by atoms with Crippen LogP contribution in [0.2, 0.25) is 5.02 Å². The molecule has 0 radical (unpaired) electrons. The molecule has 6 heterocycles. The number of aromatic nitrogens is 3. The van der Waals surface area contributed by atoms with Crippen molar-refractivity contribution in [3.8, 4) is 0 Å². The minimum atomic E-state index is -0.476. The Labute approximate surface area is 279 Å². The van der Waals surface area contributed by atoms with Gasteiger partial charge in [0.25, 0.3) is 0 Å². The van der Waals surface area contributed by atoms with Crippen LogP contribution in [-0.2, 0) is 34.3 Å². The van der Waals surface area contributed by atoms with E-state index in [2.05, 4.69) is 54.8 Å². The van der Waals surface area contributed by atoms with Crippen LogP contribution >= 0.6 is 11.6 Å². The number of rotatable bonds is 2. The first-order valence-corrected chi connectivity index (χ1v) is 16.3. The Morgan fingerprint density at radius 2 is 1.17 bits per heavy atom. The number of hydrogen-bond acceptors (Lipinski definition) is 8. The van der Waals surface area contributed by atoms with Gasteiger partial charge in [-0.25, -0.2) is 4.98 Å². The van der Waals surface area contributed by atoms with Crippen LogP contribution in [0.4, 0.5) is 0 Å². The Morgan fingerprint density at radius 1 is 0.674 bits per heavy atom. The van der Waals surface area contributed by atoms with Crippen LogP contribution in [0.5, 0.6) is 0 Å². The maximum atomic E-state index is 6.00. The minimum Gasteiger partial charge on any atom is -0.405 e. The van der Waals surface area contributed by atoms with Gasteiger partial charge in [0, 0.05) is 35.9 Å². The van der Waals surface area contributed by atoms with Gasteiger partial charge in [0.15, 0.2) is 0 Å². The van der Waals surface area contributed by atoms with E-state index < -0.39 is 14.0 Å². The van der Waals surface area contributed by atoms with Crippen LogP contribution < -0.4 is 5.46 Å². The summed E-state index contributed by atoms with van der Waals surface area (Å²) in [5.41, 5.74) is 2.06. The number of hydrogen-bond donors (Lipinski definition) is 1. The van der Waals surface area contributed by atoms with Crippen LogP contribution in [0.1, 0.15) is 94.3 Å². The standard InChI is InChI=1S/C13H17BN2O2.C12H24B2O4.C8H6ClN/c1-12(2)13(3,4)18-14(17-12)10-7-9-5-6-15-11(9)16-8-10;1-9(2)10(3,4)16-13(15-9)14-17-11(5,6)12(7,8)18-14;9-7-4-6-2-1-3-8(6)10-5-7/h5-8H,1-4H3,(H,15,16);1-8H3;1-2,4-5H,3H2. The van der Waals surface area contributed by atoms with Gasteiger partial charge in [-0.3, -0.25) is 4.98 Å². The Hall–Kier alpha value is -2.18. The highest BCUT2D eigenvalue weighted by Crippen LogP contribution is 2.43. The molecule has 0 unspecified atom stereocenters. The summed E-state index contributed by atoms with van der Waals surface area (Å²) >= 11 is 5.73. The average Bonchev–Trinajstić information content (AvgIpc) is 3.71. The zero-order valence-electron chi connectivity index (χ0n) is 29.3. The lowest BCUT2D eigenvalue weighted by atomic mass is 9.49. The Balaban J connectivity index is 0.000000142. The van der Waals surface area contributed by atoms with Gasteiger partial charge in [-0.15, -0.1) is 0 Å². The van der Waals surface area contributed by atoms with Gasteiger partial charge in [-0.1, -0.05) is 23.8 Å². The highest BCUT2D eigenvalue weighted by molar-refractivity contribution is 7.11. The first-order valence-electron chi connectivity index (χ1n) is 15.9. The molecule has 0 aromatic carbocycles. The van der Waals surface area contributed by atoms with Gasteiger partial charge in [0.1, 0.15) is 5.65 Å². The van der Waals surface area contributed by atoms with E-state index in [-0.39, 0.29) is 40.7 Å². The Morgan fingerprint density at radius 3 is 1.70 bits per heavy atom. The molecule has 46 heavy (non-hydrogen) atoms. The topological polar surface area (TPSA) is 97.0 Å². The highest BCUT2D eigenvalue weighted by Gasteiger charge is 2.63. The van der Waals surface area contributed by atoms with E-state index in [4.69, 9.17) is 39.5 Å². The van der Waals surface area contributed by atoms with Crippen molar-refractivity contribution in [2.75, 3.05) is 0 Å². The second-order valence-corrected chi connectivity index (χ2v) is 15.8. The fourth-order valence-electron chi connectivity index (χ4n) is 5.16. The molecule has 3 aliphatic heterocycles. The van der Waals surface area contributed by atoms with Gasteiger partial charge in [0.2, 0.25) is 0 Å². The number of aromatic amines is 1. The van der Waals surface area contributed by atoms with E-state index in [9.17, 15) is 0 Å². The quantitative estimate of drug-likeness (QED) is 0.318. The molecule has 1 N–H and O–H groups in total. The number of fused-ring (bicyclic) bond motifs is 2. The lowest BCUT2D eigenvalue weighted by Gasteiger charge is -2.32. The number of halogens is 1. The van der Waals surface area contributed by atoms with Gasteiger partial charge in [-0.2, -0.15) is 0 Å². The second-order valence-electron chi connectivity index (χ2n) is 15.3. The van der Waals surface area contributed by atoms with Crippen LogP contribution in [0.15, 0.2) is 42.9 Å². The fraction of sp³-hybridized carbons (Fsp3) is 0.576. The first-order chi connectivity index (χ1) is 21.1. The van der Waals surface area contributed by atoms with Gasteiger partial charge < -0.3 is 32.9 Å². The predicted octanol–water partition coefficient (Wildman–Crippen LogP) is 6.42. The van der Waals surface area contributed by atoms with Crippen molar-refractivity contribution >= 4 is 55.3 Å². The molecule has 0 bridgehead atoms. The molecule has 1 aliphatic carbocycles. The summed E-state index contributed by atoms with van der Waals surface area (Å²) in [6.07, 6.45) is 10.5. The minimum absolute atomic E-state index is 0.315. The van der Waals surface area contributed by atoms with Crippen molar-refractivity contribution in [3.05, 3.63) is 59.1 Å². The van der Waals surface area contributed by atoms with Gasteiger partial charge in [0.05, 0.1) is 44.3 Å². The van der Waals surface area contributed by atoms with Crippen molar-refractivity contribution in [2.45, 2.75) is 123 Å². The first kappa shape index (κ1) is 35.1. The largest absolute Gasteiger partial charge is 0.496 e. The lowest BCUT2D eigenvalue weighted by molar-refractivity contribution is 0.00578. The zero-order valence-corrected chi connectivity index (χ0v) is 30.0. The second kappa shape index (κ2) is 12.1. The summed E-state index contributed by atoms with van der Waals surface area (Å²) in [4.78, 5) is 11.6. The van der Waals surface area contributed by atoms with Crippen molar-refractivity contribution < 1.29 is 27.9 Å². The molecule has 7 rings (SSSR count). The summed E-state index contributed by atoms with van der Waals surface area (Å²) in [6, 6.07) is 5.99. The number of pyridine rings is 2. The van der Waals surface area contributed by atoms with Crippen molar-refractivity contribution in [2.24, 2.45) is 0 Å². The molecule has 0 spiro atoms. The molecule has 13 heteroatoms. The van der Waals surface area contributed by atoms with E-state index in [0.717, 1.165) is 34.2 Å². The molecule has 3 saturated heterocycles.